The third-order valence-electron chi connectivity index (χ3n) is 6.92. The van der Waals surface area contributed by atoms with E-state index in [9.17, 15) is 14.4 Å². The van der Waals surface area contributed by atoms with Crippen LogP contribution in [-0.2, 0) is 14.4 Å². The predicted octanol–water partition coefficient (Wildman–Crippen LogP) is 4.78. The monoisotopic (exact) mass is 530 g/mol. The second-order valence-electron chi connectivity index (χ2n) is 11.7. The number of hydrogen-bond acceptors (Lipinski definition) is 6. The van der Waals surface area contributed by atoms with E-state index < -0.39 is 0 Å². The van der Waals surface area contributed by atoms with Crippen molar-refractivity contribution in [3.8, 4) is 0 Å². The summed E-state index contributed by atoms with van der Waals surface area (Å²) in [5.41, 5.74) is 4.12. The Hall–Kier alpha value is -2.32. The third-order valence-corrected chi connectivity index (χ3v) is 7.99. The number of thiazole rings is 1. The molecule has 0 bridgehead atoms. The number of rotatable bonds is 8. The van der Waals surface area contributed by atoms with Crippen molar-refractivity contribution in [2.75, 3.05) is 13.6 Å². The Kier molecular flexibility index (Phi) is 11.7. The highest BCUT2D eigenvalue weighted by atomic mass is 32.1. The van der Waals surface area contributed by atoms with Crippen LogP contribution in [0.5, 0.6) is 0 Å². The van der Waals surface area contributed by atoms with Crippen molar-refractivity contribution < 1.29 is 14.4 Å². The molecule has 206 valence electrons. The summed E-state index contributed by atoms with van der Waals surface area (Å²) in [7, 11) is 2.05. The van der Waals surface area contributed by atoms with Gasteiger partial charge in [0.05, 0.1) is 29.3 Å². The fourth-order valence-corrected chi connectivity index (χ4v) is 5.59. The highest BCUT2D eigenvalue weighted by Gasteiger charge is 2.30. The number of likely N-dealkylation sites (tertiary alicyclic amines) is 1. The van der Waals surface area contributed by atoms with Crippen LogP contribution in [0.3, 0.4) is 0 Å². The van der Waals surface area contributed by atoms with Crippen LogP contribution in [0.25, 0.3) is 0 Å². The Balaban J connectivity index is 0.000000371. The minimum atomic E-state index is -0.389. The molecule has 1 aromatic heterocycles. The molecule has 0 spiro atoms. The lowest BCUT2D eigenvalue weighted by Gasteiger charge is -2.28. The van der Waals surface area contributed by atoms with Crippen molar-refractivity contribution in [2.24, 2.45) is 11.3 Å². The van der Waals surface area contributed by atoms with Gasteiger partial charge in [0.15, 0.2) is 0 Å². The molecular weight excluding hydrogens is 484 g/mol. The molecule has 1 aliphatic carbocycles. The maximum absolute atomic E-state index is 12.8. The highest BCUT2D eigenvalue weighted by Crippen LogP contribution is 2.33. The SMILES string of the molecule is CC(=O)NC(C=O)C(C)(C)C.Cc1ncsc1C1C=CC(C(CC(C)C)NC(=O)C2CCCN2C)=CC1. The minimum Gasteiger partial charge on any atom is -0.348 e. The summed E-state index contributed by atoms with van der Waals surface area (Å²) in [6, 6.07) is -0.248. The number of carbonyl (C=O) groups excluding carboxylic acids is 3. The van der Waals surface area contributed by atoms with Gasteiger partial charge >= 0.3 is 0 Å². The molecule has 1 fully saturated rings. The van der Waals surface area contributed by atoms with Crippen LogP contribution in [0.4, 0.5) is 0 Å². The number of carbonyl (C=O) groups is 3. The maximum Gasteiger partial charge on any atom is 0.237 e. The lowest BCUT2D eigenvalue weighted by molar-refractivity contribution is -0.125. The molecule has 0 saturated carbocycles. The fourth-order valence-electron chi connectivity index (χ4n) is 4.69. The Labute approximate surface area is 227 Å². The zero-order valence-corrected chi connectivity index (χ0v) is 24.7. The van der Waals surface area contributed by atoms with E-state index in [-0.39, 0.29) is 35.4 Å². The molecule has 37 heavy (non-hydrogen) atoms. The van der Waals surface area contributed by atoms with Gasteiger partial charge in [-0.3, -0.25) is 14.5 Å². The molecule has 2 amide bonds. The molecule has 2 N–H and O–H groups in total. The highest BCUT2D eigenvalue weighted by molar-refractivity contribution is 7.09. The number of likely N-dealkylation sites (N-methyl/N-ethyl adjacent to an activating group) is 1. The molecule has 4 atom stereocenters. The van der Waals surface area contributed by atoms with E-state index in [2.05, 4.69) is 66.6 Å². The number of allylic oxidation sites excluding steroid dienone is 2. The third kappa shape index (κ3) is 9.49. The first kappa shape index (κ1) is 30.9. The van der Waals surface area contributed by atoms with Crippen molar-refractivity contribution in [1.29, 1.82) is 0 Å². The standard InChI is InChI=1S/C21H31N3OS.C8H15NO2/c1-14(2)12-18(23-21(25)19-6-5-11-24(19)4)16-7-9-17(10-8-16)20-15(3)22-13-26-20;1-6(11)9-7(5-10)8(2,3)4/h7-9,13-14,17-19H,5-6,10-12H2,1-4H3,(H,23,25);5,7H,1-4H3,(H,9,11). The van der Waals surface area contributed by atoms with Crippen molar-refractivity contribution in [3.63, 3.8) is 0 Å². The van der Waals surface area contributed by atoms with Crippen LogP contribution in [0.15, 0.2) is 29.3 Å². The lowest BCUT2D eigenvalue weighted by Crippen LogP contribution is -2.46. The van der Waals surface area contributed by atoms with Gasteiger partial charge in [0.1, 0.15) is 6.29 Å². The van der Waals surface area contributed by atoms with Gasteiger partial charge in [-0.05, 0) is 63.1 Å². The summed E-state index contributed by atoms with van der Waals surface area (Å²) in [5.74, 6) is 0.974. The summed E-state index contributed by atoms with van der Waals surface area (Å²) in [4.78, 5) is 41.7. The van der Waals surface area contributed by atoms with Gasteiger partial charge in [-0.1, -0.05) is 52.8 Å². The summed E-state index contributed by atoms with van der Waals surface area (Å²) >= 11 is 1.74. The molecule has 7 nitrogen and oxygen atoms in total. The maximum atomic E-state index is 12.8. The summed E-state index contributed by atoms with van der Waals surface area (Å²) in [6.45, 7) is 14.7. The number of aryl methyl sites for hydroxylation is 1. The fraction of sp³-hybridized carbons (Fsp3) is 0.655. The minimum absolute atomic E-state index is 0.0328. The van der Waals surface area contributed by atoms with Crippen molar-refractivity contribution in [1.82, 2.24) is 20.5 Å². The molecule has 1 aromatic rings. The number of hydrogen-bond donors (Lipinski definition) is 2. The molecule has 0 aromatic carbocycles. The van der Waals surface area contributed by atoms with Crippen LogP contribution in [0.2, 0.25) is 0 Å². The molecule has 8 heteroatoms. The average Bonchev–Trinajstić information content (AvgIpc) is 3.44. The van der Waals surface area contributed by atoms with E-state index in [1.54, 1.807) is 11.3 Å². The predicted molar refractivity (Wildman–Crippen MR) is 152 cm³/mol. The van der Waals surface area contributed by atoms with Crippen molar-refractivity contribution in [3.05, 3.63) is 39.9 Å². The molecule has 3 rings (SSSR count). The summed E-state index contributed by atoms with van der Waals surface area (Å²) < 4.78 is 0. The van der Waals surface area contributed by atoms with E-state index in [1.807, 2.05) is 26.3 Å². The zero-order valence-electron chi connectivity index (χ0n) is 23.8. The Morgan fingerprint density at radius 2 is 1.97 bits per heavy atom. The number of aromatic nitrogens is 1. The van der Waals surface area contributed by atoms with Crippen molar-refractivity contribution >= 4 is 29.4 Å². The van der Waals surface area contributed by atoms with Gasteiger partial charge in [-0.15, -0.1) is 11.3 Å². The van der Waals surface area contributed by atoms with Crippen molar-refractivity contribution in [2.45, 2.75) is 98.2 Å². The first-order valence-electron chi connectivity index (χ1n) is 13.3. The molecule has 1 saturated heterocycles. The summed E-state index contributed by atoms with van der Waals surface area (Å²) in [5, 5.41) is 5.90. The van der Waals surface area contributed by atoms with E-state index >= 15 is 0 Å². The average molecular weight is 531 g/mol. The Bertz CT molecular complexity index is 976. The lowest BCUT2D eigenvalue weighted by atomic mass is 9.88. The van der Waals surface area contributed by atoms with Gasteiger partial charge in [0, 0.05) is 17.7 Å². The number of aldehydes is 1. The van der Waals surface area contributed by atoms with Gasteiger partial charge in [0.2, 0.25) is 11.8 Å². The molecule has 4 unspecified atom stereocenters. The topological polar surface area (TPSA) is 91.4 Å². The van der Waals surface area contributed by atoms with Crippen LogP contribution in [-0.4, -0.2) is 59.7 Å². The second-order valence-corrected chi connectivity index (χ2v) is 12.6. The molecule has 1 aliphatic heterocycles. The van der Waals surface area contributed by atoms with E-state index in [4.69, 9.17) is 0 Å². The van der Waals surface area contributed by atoms with Crippen LogP contribution in [0.1, 0.15) is 83.7 Å². The molecule has 0 radical (unpaired) electrons. The van der Waals surface area contributed by atoms with Gasteiger partial charge < -0.3 is 15.4 Å². The largest absolute Gasteiger partial charge is 0.348 e. The van der Waals surface area contributed by atoms with Crippen LogP contribution in [0, 0.1) is 18.3 Å². The summed E-state index contributed by atoms with van der Waals surface area (Å²) in [6.07, 6.45) is 11.6. The van der Waals surface area contributed by atoms with Gasteiger partial charge in [-0.25, -0.2) is 4.98 Å². The Morgan fingerprint density at radius 3 is 2.38 bits per heavy atom. The number of nitrogens with one attached hydrogen (secondary N) is 2. The van der Waals surface area contributed by atoms with Gasteiger partial charge in [0.25, 0.3) is 0 Å². The quantitative estimate of drug-likeness (QED) is 0.472. The number of amides is 2. The van der Waals surface area contributed by atoms with Gasteiger partial charge in [-0.2, -0.15) is 0 Å². The second kappa shape index (κ2) is 14.0. The van der Waals surface area contributed by atoms with Crippen LogP contribution >= 0.6 is 11.3 Å². The molecule has 2 heterocycles. The van der Waals surface area contributed by atoms with E-state index in [1.165, 1.54) is 17.4 Å². The van der Waals surface area contributed by atoms with E-state index in [0.29, 0.717) is 11.8 Å². The zero-order chi connectivity index (χ0) is 27.8. The molecule has 2 aliphatic rings. The Morgan fingerprint density at radius 1 is 1.27 bits per heavy atom. The smallest absolute Gasteiger partial charge is 0.237 e. The molecular formula is C29H46N4O3S. The first-order valence-corrected chi connectivity index (χ1v) is 14.2. The number of nitrogens with zero attached hydrogens (tertiary/aromatic N) is 2. The van der Waals surface area contributed by atoms with E-state index in [0.717, 1.165) is 44.2 Å². The first-order chi connectivity index (χ1) is 17.3. The van der Waals surface area contributed by atoms with Crippen LogP contribution < -0.4 is 10.6 Å². The normalized spacial score (nSPS) is 21.5.